The van der Waals surface area contributed by atoms with E-state index in [1.165, 1.54) is 0 Å². The van der Waals surface area contributed by atoms with Gasteiger partial charge < -0.3 is 19.9 Å². The molecule has 2 N–H and O–H groups in total. The van der Waals surface area contributed by atoms with Crippen LogP contribution in [0.25, 0.3) is 10.9 Å². The lowest BCUT2D eigenvalue weighted by Crippen LogP contribution is -2.49. The molecule has 0 bridgehead atoms. The summed E-state index contributed by atoms with van der Waals surface area (Å²) in [5.74, 6) is 1.51. The Hall–Kier alpha value is -5.26. The van der Waals surface area contributed by atoms with Gasteiger partial charge in [-0.25, -0.2) is 4.79 Å². The van der Waals surface area contributed by atoms with Crippen molar-refractivity contribution in [3.8, 4) is 11.8 Å². The molecule has 2 aromatic heterocycles. The molecule has 5 heterocycles. The monoisotopic (exact) mass is 750 g/mol. The smallest absolute Gasteiger partial charge is 0.328 e. The van der Waals surface area contributed by atoms with Crippen LogP contribution in [0.4, 0.5) is 16.3 Å². The molecule has 4 amide bonds. The van der Waals surface area contributed by atoms with Crippen LogP contribution in [0.2, 0.25) is 5.02 Å². The highest BCUT2D eigenvalue weighted by Gasteiger charge is 2.31. The molecule has 4 fully saturated rings. The van der Waals surface area contributed by atoms with Gasteiger partial charge in [-0.05, 0) is 87.3 Å². The van der Waals surface area contributed by atoms with Gasteiger partial charge in [0.1, 0.15) is 11.8 Å². The summed E-state index contributed by atoms with van der Waals surface area (Å²) in [5.41, 5.74) is 2.53. The summed E-state index contributed by atoms with van der Waals surface area (Å²) >= 11 is 6.15. The predicted molar refractivity (Wildman–Crippen MR) is 203 cm³/mol. The maximum absolute atomic E-state index is 13.0. The number of aromatic nitrogens is 4. The van der Waals surface area contributed by atoms with E-state index in [9.17, 15) is 14.4 Å². The van der Waals surface area contributed by atoms with E-state index in [1.54, 1.807) is 29.2 Å². The number of hydrogen-bond donors (Lipinski definition) is 2. The van der Waals surface area contributed by atoms with Crippen molar-refractivity contribution in [3.63, 3.8) is 0 Å². The van der Waals surface area contributed by atoms with Crippen LogP contribution >= 0.6 is 11.6 Å². The first-order chi connectivity index (χ1) is 26.3. The molecule has 14 nitrogen and oxygen atoms in total. The lowest BCUT2D eigenvalue weighted by Gasteiger charge is -2.34. The third kappa shape index (κ3) is 7.69. The Morgan fingerprint density at radius 2 is 1.81 bits per heavy atom. The quantitative estimate of drug-likeness (QED) is 0.236. The lowest BCUT2D eigenvalue weighted by molar-refractivity contribution is -0.120. The normalized spacial score (nSPS) is 22.6. The SMILES string of the molecule is N#Cc1ccc(O[C@H]2CC[C@H](NC(=O)c3ccc(N4CCC(CN5CCC(n6ncc7c(N8CCC(=O)NC8=O)cccc76)CC5)C4)nn3)CC2)cc1Cl. The minimum Gasteiger partial charge on any atom is -0.490 e. The number of piperidine rings is 1. The van der Waals surface area contributed by atoms with Crippen LogP contribution in [-0.2, 0) is 4.79 Å². The maximum Gasteiger partial charge on any atom is 0.328 e. The number of anilines is 2. The largest absolute Gasteiger partial charge is 0.490 e. The van der Waals surface area contributed by atoms with E-state index < -0.39 is 0 Å². The van der Waals surface area contributed by atoms with E-state index >= 15 is 0 Å². The molecule has 15 heteroatoms. The minimum atomic E-state index is -0.386. The molecule has 1 saturated carbocycles. The summed E-state index contributed by atoms with van der Waals surface area (Å²) in [7, 11) is 0. The average Bonchev–Trinajstić information content (AvgIpc) is 3.84. The van der Waals surface area contributed by atoms with Gasteiger partial charge in [0.05, 0.1) is 40.1 Å². The van der Waals surface area contributed by atoms with Crippen molar-refractivity contribution in [2.45, 2.75) is 69.6 Å². The third-order valence-corrected chi connectivity index (χ3v) is 11.6. The number of halogens is 1. The van der Waals surface area contributed by atoms with Crippen molar-refractivity contribution in [3.05, 3.63) is 71.0 Å². The summed E-state index contributed by atoms with van der Waals surface area (Å²) in [6.45, 7) is 5.18. The van der Waals surface area contributed by atoms with Gasteiger partial charge in [0, 0.05) is 63.2 Å². The number of ether oxygens (including phenoxy) is 1. The van der Waals surface area contributed by atoms with Crippen molar-refractivity contribution in [2.75, 3.05) is 49.1 Å². The summed E-state index contributed by atoms with van der Waals surface area (Å²) in [4.78, 5) is 43.7. The standard InChI is InChI=1S/C39H43ClN10O4/c40-32-20-30(7-4-26(32)21-41)54-29-8-5-27(6-9-29)43-38(52)33-10-11-36(46-45-33)48-18-12-25(24-48)23-47-16-13-28(14-17-47)50-35-3-1-2-34(31(35)22-42-50)49-19-15-37(51)44-39(49)53/h1-4,7,10-11,20,22,25,27-29H,5-6,8-9,12-19,23-24H2,(H,43,52)(H,44,51,53)/t25?,27-,29-. The number of benzene rings is 2. The molecular weight excluding hydrogens is 708 g/mol. The highest BCUT2D eigenvalue weighted by atomic mass is 35.5. The first-order valence-electron chi connectivity index (χ1n) is 18.9. The number of rotatable bonds is 9. The second-order valence-electron chi connectivity index (χ2n) is 14.8. The molecule has 0 spiro atoms. The number of nitrogens with one attached hydrogen (secondary N) is 2. The molecule has 4 aromatic rings. The van der Waals surface area contributed by atoms with Gasteiger partial charge in [-0.15, -0.1) is 10.2 Å². The summed E-state index contributed by atoms with van der Waals surface area (Å²) in [6, 6.07) is 16.7. The zero-order chi connectivity index (χ0) is 37.2. The molecule has 1 aliphatic carbocycles. The van der Waals surface area contributed by atoms with E-state index in [1.807, 2.05) is 24.4 Å². The Balaban J connectivity index is 0.778. The number of nitrogens with zero attached hydrogens (tertiary/aromatic N) is 8. The number of carbonyl (C=O) groups excluding carboxylic acids is 3. The maximum atomic E-state index is 13.0. The van der Waals surface area contributed by atoms with E-state index in [4.69, 9.17) is 26.7 Å². The van der Waals surface area contributed by atoms with Crippen molar-refractivity contribution >= 4 is 51.9 Å². The molecule has 3 aliphatic heterocycles. The van der Waals surface area contributed by atoms with Crippen LogP contribution in [0.15, 0.2) is 54.7 Å². The van der Waals surface area contributed by atoms with Gasteiger partial charge in [0.25, 0.3) is 5.91 Å². The Morgan fingerprint density at radius 3 is 2.56 bits per heavy atom. The van der Waals surface area contributed by atoms with Crippen LogP contribution in [0.1, 0.15) is 73.5 Å². The van der Waals surface area contributed by atoms with Gasteiger partial charge >= 0.3 is 6.03 Å². The van der Waals surface area contributed by atoms with E-state index in [0.717, 1.165) is 100 Å². The molecule has 54 heavy (non-hydrogen) atoms. The molecule has 2 aromatic carbocycles. The Labute approximate surface area is 318 Å². The highest BCUT2D eigenvalue weighted by Crippen LogP contribution is 2.33. The van der Waals surface area contributed by atoms with Gasteiger partial charge in [-0.2, -0.15) is 10.4 Å². The first-order valence-corrected chi connectivity index (χ1v) is 19.2. The van der Waals surface area contributed by atoms with Crippen molar-refractivity contribution < 1.29 is 19.1 Å². The topological polar surface area (TPSA) is 162 Å². The number of likely N-dealkylation sites (tertiary alicyclic amines) is 1. The van der Waals surface area contributed by atoms with Gasteiger partial charge in [0.15, 0.2) is 11.5 Å². The van der Waals surface area contributed by atoms with Crippen molar-refractivity contribution in [1.29, 1.82) is 5.26 Å². The lowest BCUT2D eigenvalue weighted by atomic mass is 9.93. The van der Waals surface area contributed by atoms with E-state index in [0.29, 0.717) is 34.5 Å². The second-order valence-corrected chi connectivity index (χ2v) is 15.2. The number of carbonyl (C=O) groups is 3. The number of nitriles is 1. The van der Waals surface area contributed by atoms with Gasteiger partial charge in [0.2, 0.25) is 5.91 Å². The average molecular weight is 751 g/mol. The Bertz CT molecular complexity index is 2070. The highest BCUT2D eigenvalue weighted by molar-refractivity contribution is 6.31. The van der Waals surface area contributed by atoms with E-state index in [-0.39, 0.29) is 42.5 Å². The molecule has 4 aliphatic rings. The van der Waals surface area contributed by atoms with Crippen LogP contribution < -0.4 is 25.2 Å². The van der Waals surface area contributed by atoms with Crippen molar-refractivity contribution in [2.24, 2.45) is 5.92 Å². The molecular formula is C39H43ClN10O4. The fourth-order valence-corrected chi connectivity index (χ4v) is 8.54. The van der Waals surface area contributed by atoms with Crippen LogP contribution in [0.3, 0.4) is 0 Å². The van der Waals surface area contributed by atoms with Crippen LogP contribution in [0.5, 0.6) is 5.75 Å². The molecule has 8 rings (SSSR count). The Morgan fingerprint density at radius 1 is 0.981 bits per heavy atom. The molecule has 3 saturated heterocycles. The summed E-state index contributed by atoms with van der Waals surface area (Å²) < 4.78 is 8.20. The molecule has 1 unspecified atom stereocenters. The molecule has 0 radical (unpaired) electrons. The zero-order valence-electron chi connectivity index (χ0n) is 30.0. The fraction of sp³-hybridized carbons (Fsp3) is 0.462. The number of hydrogen-bond acceptors (Lipinski definition) is 10. The summed E-state index contributed by atoms with van der Waals surface area (Å²) in [6.07, 6.45) is 8.42. The first kappa shape index (κ1) is 35.8. The Kier molecular flexibility index (Phi) is 10.3. The predicted octanol–water partition coefficient (Wildman–Crippen LogP) is 5.08. The second kappa shape index (κ2) is 15.6. The van der Waals surface area contributed by atoms with Crippen LogP contribution in [-0.4, -0.2) is 94.1 Å². The zero-order valence-corrected chi connectivity index (χ0v) is 30.7. The fourth-order valence-electron chi connectivity index (χ4n) is 8.33. The number of amides is 4. The van der Waals surface area contributed by atoms with E-state index in [2.05, 4.69) is 47.4 Å². The van der Waals surface area contributed by atoms with Gasteiger partial charge in [-0.3, -0.25) is 24.5 Å². The van der Waals surface area contributed by atoms with Gasteiger partial charge in [-0.1, -0.05) is 17.7 Å². The molecule has 1 atom stereocenters. The third-order valence-electron chi connectivity index (χ3n) is 11.2. The number of urea groups is 1. The molecule has 280 valence electrons. The van der Waals surface area contributed by atoms with Crippen molar-refractivity contribution in [1.82, 2.24) is 35.5 Å². The number of imide groups is 1. The summed E-state index contributed by atoms with van der Waals surface area (Å²) in [5, 5.41) is 29.4. The minimum absolute atomic E-state index is 0.0302. The number of fused-ring (bicyclic) bond motifs is 1. The van der Waals surface area contributed by atoms with Crippen LogP contribution in [0, 0.1) is 17.2 Å².